The predicted octanol–water partition coefficient (Wildman–Crippen LogP) is 5.21. The minimum atomic E-state index is 0.208. The second-order valence-corrected chi connectivity index (χ2v) is 8.21. The molecule has 0 amide bonds. The number of rotatable bonds is 4. The van der Waals surface area contributed by atoms with Crippen molar-refractivity contribution in [2.45, 2.75) is 50.7 Å². The second kappa shape index (κ2) is 6.69. The van der Waals surface area contributed by atoms with Crippen LogP contribution in [0.1, 0.15) is 50.6 Å². The largest absolute Gasteiger partial charge is 0.375 e. The fraction of sp³-hybridized carbons (Fsp3) is 0.647. The number of hydrogen-bond donors (Lipinski definition) is 1. The quantitative estimate of drug-likeness (QED) is 0.727. The summed E-state index contributed by atoms with van der Waals surface area (Å²) in [4.78, 5) is 0. The van der Waals surface area contributed by atoms with Gasteiger partial charge in [0.25, 0.3) is 0 Å². The van der Waals surface area contributed by atoms with E-state index in [1.54, 1.807) is 0 Å². The van der Waals surface area contributed by atoms with Gasteiger partial charge in [-0.3, -0.25) is 0 Å². The maximum Gasteiger partial charge on any atom is 0.0686 e. The molecule has 1 N–H and O–H groups in total. The highest BCUT2D eigenvalue weighted by molar-refractivity contribution is 9.11. The SMILES string of the molecule is CCNC(c1cc(Br)cc(Br)c1)C1CCOC2(CCC2)C1. The molecule has 1 aromatic rings. The van der Waals surface area contributed by atoms with Crippen molar-refractivity contribution in [1.82, 2.24) is 5.32 Å². The Hall–Kier alpha value is 0.1000. The number of hydrogen-bond acceptors (Lipinski definition) is 2. The summed E-state index contributed by atoms with van der Waals surface area (Å²) in [6.07, 6.45) is 6.20. The molecular weight excluding hydrogens is 394 g/mol. The molecule has 1 aromatic carbocycles. The molecule has 0 aromatic heterocycles. The first kappa shape index (κ1) is 16.0. The third-order valence-electron chi connectivity index (χ3n) is 4.94. The van der Waals surface area contributed by atoms with Crippen LogP contribution in [0.15, 0.2) is 27.1 Å². The molecule has 2 unspecified atom stereocenters. The van der Waals surface area contributed by atoms with E-state index in [-0.39, 0.29) is 5.60 Å². The Morgan fingerprint density at radius 2 is 2.00 bits per heavy atom. The van der Waals surface area contributed by atoms with E-state index in [0.717, 1.165) is 28.5 Å². The van der Waals surface area contributed by atoms with Crippen molar-refractivity contribution in [3.05, 3.63) is 32.7 Å². The van der Waals surface area contributed by atoms with Crippen molar-refractivity contribution >= 4 is 31.9 Å². The van der Waals surface area contributed by atoms with E-state index in [2.05, 4.69) is 62.3 Å². The summed E-state index contributed by atoms with van der Waals surface area (Å²) in [7, 11) is 0. The number of ether oxygens (including phenoxy) is 1. The molecule has 3 rings (SSSR count). The molecule has 2 atom stereocenters. The standard InChI is InChI=1S/C17H23Br2NO/c1-2-20-16(13-8-14(18)10-15(19)9-13)12-4-7-21-17(11-12)5-3-6-17/h8-10,12,16,20H,2-7,11H2,1H3. The maximum absolute atomic E-state index is 6.10. The van der Waals surface area contributed by atoms with Crippen LogP contribution in [0.5, 0.6) is 0 Å². The van der Waals surface area contributed by atoms with Gasteiger partial charge in [-0.1, -0.05) is 38.8 Å². The fourth-order valence-electron chi connectivity index (χ4n) is 3.80. The van der Waals surface area contributed by atoms with Gasteiger partial charge in [-0.25, -0.2) is 0 Å². The van der Waals surface area contributed by atoms with Gasteiger partial charge in [0.05, 0.1) is 5.60 Å². The van der Waals surface area contributed by atoms with Gasteiger partial charge in [0.1, 0.15) is 0 Å². The van der Waals surface area contributed by atoms with Crippen LogP contribution in [-0.2, 0) is 4.74 Å². The van der Waals surface area contributed by atoms with Crippen molar-refractivity contribution in [2.24, 2.45) is 5.92 Å². The molecule has 1 spiro atoms. The van der Waals surface area contributed by atoms with Crippen LogP contribution in [0.25, 0.3) is 0 Å². The highest BCUT2D eigenvalue weighted by atomic mass is 79.9. The molecule has 116 valence electrons. The van der Waals surface area contributed by atoms with Crippen LogP contribution in [0, 0.1) is 5.92 Å². The van der Waals surface area contributed by atoms with Crippen LogP contribution in [0.4, 0.5) is 0 Å². The first-order valence-corrected chi connectivity index (χ1v) is 9.54. The van der Waals surface area contributed by atoms with E-state index in [9.17, 15) is 0 Å². The van der Waals surface area contributed by atoms with E-state index >= 15 is 0 Å². The van der Waals surface area contributed by atoms with Crippen LogP contribution >= 0.6 is 31.9 Å². The predicted molar refractivity (Wildman–Crippen MR) is 93.5 cm³/mol. The lowest BCUT2D eigenvalue weighted by Crippen LogP contribution is -2.48. The highest BCUT2D eigenvalue weighted by Gasteiger charge is 2.44. The first-order chi connectivity index (χ1) is 10.1. The van der Waals surface area contributed by atoms with Crippen molar-refractivity contribution in [1.29, 1.82) is 0 Å². The van der Waals surface area contributed by atoms with E-state index in [1.807, 2.05) is 0 Å². The van der Waals surface area contributed by atoms with Crippen LogP contribution in [0.3, 0.4) is 0 Å². The summed E-state index contributed by atoms with van der Waals surface area (Å²) in [6, 6.07) is 7.02. The first-order valence-electron chi connectivity index (χ1n) is 7.95. The van der Waals surface area contributed by atoms with Crippen molar-refractivity contribution in [3.8, 4) is 0 Å². The molecule has 2 nitrogen and oxygen atoms in total. The van der Waals surface area contributed by atoms with Gasteiger partial charge in [-0.15, -0.1) is 0 Å². The molecule has 1 saturated heterocycles. The van der Waals surface area contributed by atoms with Crippen molar-refractivity contribution in [3.63, 3.8) is 0 Å². The maximum atomic E-state index is 6.10. The average Bonchev–Trinajstić information content (AvgIpc) is 2.42. The number of halogens is 2. The summed E-state index contributed by atoms with van der Waals surface area (Å²) in [6.45, 7) is 4.11. The van der Waals surface area contributed by atoms with E-state index < -0.39 is 0 Å². The Morgan fingerprint density at radius 1 is 1.29 bits per heavy atom. The zero-order valence-electron chi connectivity index (χ0n) is 12.5. The minimum absolute atomic E-state index is 0.208. The topological polar surface area (TPSA) is 21.3 Å². The van der Waals surface area contributed by atoms with Gasteiger partial charge in [0, 0.05) is 21.6 Å². The molecule has 2 aliphatic rings. The van der Waals surface area contributed by atoms with Gasteiger partial charge in [0.15, 0.2) is 0 Å². The molecule has 1 saturated carbocycles. The highest BCUT2D eigenvalue weighted by Crippen LogP contribution is 2.47. The van der Waals surface area contributed by atoms with E-state index in [0.29, 0.717) is 12.0 Å². The van der Waals surface area contributed by atoms with E-state index in [4.69, 9.17) is 4.74 Å². The number of benzene rings is 1. The minimum Gasteiger partial charge on any atom is -0.375 e. The molecule has 0 bridgehead atoms. The Morgan fingerprint density at radius 3 is 2.57 bits per heavy atom. The van der Waals surface area contributed by atoms with Gasteiger partial charge < -0.3 is 10.1 Å². The molecule has 1 aliphatic heterocycles. The second-order valence-electron chi connectivity index (χ2n) is 6.38. The van der Waals surface area contributed by atoms with Crippen molar-refractivity contribution < 1.29 is 4.74 Å². The third kappa shape index (κ3) is 3.54. The Balaban J connectivity index is 1.83. The molecule has 2 fully saturated rings. The van der Waals surface area contributed by atoms with E-state index in [1.165, 1.54) is 31.2 Å². The Bertz CT molecular complexity index is 481. The normalized spacial score (nSPS) is 25.6. The van der Waals surface area contributed by atoms with Crippen LogP contribution < -0.4 is 5.32 Å². The monoisotopic (exact) mass is 415 g/mol. The third-order valence-corrected chi connectivity index (χ3v) is 5.85. The average molecular weight is 417 g/mol. The molecule has 0 radical (unpaired) electrons. The smallest absolute Gasteiger partial charge is 0.0686 e. The number of nitrogens with one attached hydrogen (secondary N) is 1. The molecule has 21 heavy (non-hydrogen) atoms. The van der Waals surface area contributed by atoms with Gasteiger partial charge in [-0.05, 0) is 68.3 Å². The molecular formula is C17H23Br2NO. The lowest BCUT2D eigenvalue weighted by Gasteiger charge is -2.49. The molecule has 4 heteroatoms. The molecule has 1 aliphatic carbocycles. The summed E-state index contributed by atoms with van der Waals surface area (Å²) >= 11 is 7.24. The summed E-state index contributed by atoms with van der Waals surface area (Å²) in [5.41, 5.74) is 1.58. The van der Waals surface area contributed by atoms with Gasteiger partial charge >= 0.3 is 0 Å². The lowest BCUT2D eigenvalue weighted by atomic mass is 9.69. The summed E-state index contributed by atoms with van der Waals surface area (Å²) < 4.78 is 8.38. The van der Waals surface area contributed by atoms with Crippen molar-refractivity contribution in [2.75, 3.05) is 13.2 Å². The zero-order chi connectivity index (χ0) is 14.9. The van der Waals surface area contributed by atoms with Gasteiger partial charge in [-0.2, -0.15) is 0 Å². The molecule has 1 heterocycles. The van der Waals surface area contributed by atoms with Crippen LogP contribution in [0.2, 0.25) is 0 Å². The summed E-state index contributed by atoms with van der Waals surface area (Å²) in [5.74, 6) is 0.667. The lowest BCUT2D eigenvalue weighted by molar-refractivity contribution is -0.147. The Kier molecular flexibility index (Phi) is 5.09. The zero-order valence-corrected chi connectivity index (χ0v) is 15.7. The van der Waals surface area contributed by atoms with Crippen LogP contribution in [-0.4, -0.2) is 18.8 Å². The van der Waals surface area contributed by atoms with Gasteiger partial charge in [0.2, 0.25) is 0 Å². The summed E-state index contributed by atoms with van der Waals surface area (Å²) in [5, 5.41) is 3.71. The fourth-order valence-corrected chi connectivity index (χ4v) is 5.13. The Labute approximate surface area is 144 Å².